The van der Waals surface area contributed by atoms with E-state index in [0.29, 0.717) is 22.5 Å². The van der Waals surface area contributed by atoms with Gasteiger partial charge in [-0.2, -0.15) is 5.26 Å². The van der Waals surface area contributed by atoms with Crippen molar-refractivity contribution in [1.29, 1.82) is 5.26 Å². The number of nitriles is 1. The highest BCUT2D eigenvalue weighted by Gasteiger charge is 2.12. The quantitative estimate of drug-likeness (QED) is 0.865. The van der Waals surface area contributed by atoms with Gasteiger partial charge in [-0.3, -0.25) is 0 Å². The molecular weight excluding hydrogens is 258 g/mol. The first-order chi connectivity index (χ1) is 8.92. The van der Waals surface area contributed by atoms with Crippen molar-refractivity contribution in [3.05, 3.63) is 28.8 Å². The monoisotopic (exact) mass is 279 g/mol. The summed E-state index contributed by atoms with van der Waals surface area (Å²) in [4.78, 5) is 2.17. The molecule has 19 heavy (non-hydrogen) atoms. The smallest absolute Gasteiger partial charge is 0.101 e. The SMILES string of the molecule is CC(C)CC(CN(C)C)Nc1ccc(C#N)c(Cl)c1. The molecule has 1 N–H and O–H groups in total. The topological polar surface area (TPSA) is 39.1 Å². The van der Waals surface area contributed by atoms with E-state index in [1.807, 2.05) is 12.1 Å². The summed E-state index contributed by atoms with van der Waals surface area (Å²) in [6, 6.07) is 7.94. The van der Waals surface area contributed by atoms with Crippen molar-refractivity contribution in [2.75, 3.05) is 26.0 Å². The number of anilines is 1. The van der Waals surface area contributed by atoms with Gasteiger partial charge in [0.05, 0.1) is 10.6 Å². The largest absolute Gasteiger partial charge is 0.381 e. The number of nitrogens with one attached hydrogen (secondary N) is 1. The van der Waals surface area contributed by atoms with Crippen LogP contribution in [0.3, 0.4) is 0 Å². The van der Waals surface area contributed by atoms with Gasteiger partial charge in [0.2, 0.25) is 0 Å². The zero-order valence-electron chi connectivity index (χ0n) is 12.1. The van der Waals surface area contributed by atoms with Gasteiger partial charge in [0.25, 0.3) is 0 Å². The highest BCUT2D eigenvalue weighted by atomic mass is 35.5. The maximum Gasteiger partial charge on any atom is 0.101 e. The molecule has 0 saturated carbocycles. The Morgan fingerprint density at radius 3 is 2.53 bits per heavy atom. The number of likely N-dealkylation sites (N-methyl/N-ethyl adjacent to an activating group) is 1. The highest BCUT2D eigenvalue weighted by Crippen LogP contribution is 2.22. The van der Waals surface area contributed by atoms with Crippen LogP contribution in [0.5, 0.6) is 0 Å². The average molecular weight is 280 g/mol. The van der Waals surface area contributed by atoms with E-state index in [1.165, 1.54) is 0 Å². The third kappa shape index (κ3) is 5.50. The Morgan fingerprint density at radius 1 is 1.37 bits per heavy atom. The number of hydrogen-bond donors (Lipinski definition) is 1. The summed E-state index contributed by atoms with van der Waals surface area (Å²) in [6.07, 6.45) is 1.09. The summed E-state index contributed by atoms with van der Waals surface area (Å²) in [7, 11) is 4.14. The first-order valence-electron chi connectivity index (χ1n) is 6.53. The summed E-state index contributed by atoms with van der Waals surface area (Å²) < 4.78 is 0. The van der Waals surface area contributed by atoms with Gasteiger partial charge in [0.15, 0.2) is 0 Å². The zero-order valence-corrected chi connectivity index (χ0v) is 12.8. The van der Waals surface area contributed by atoms with Gasteiger partial charge in [-0.05, 0) is 44.6 Å². The van der Waals surface area contributed by atoms with Crippen LogP contribution in [0, 0.1) is 17.2 Å². The van der Waals surface area contributed by atoms with Crippen molar-refractivity contribution in [1.82, 2.24) is 4.90 Å². The Bertz CT molecular complexity index is 439. The fourth-order valence-electron chi connectivity index (χ4n) is 2.12. The molecule has 0 aromatic heterocycles. The van der Waals surface area contributed by atoms with Crippen LogP contribution in [0.4, 0.5) is 5.69 Å². The molecule has 4 heteroatoms. The van der Waals surface area contributed by atoms with E-state index < -0.39 is 0 Å². The molecule has 1 unspecified atom stereocenters. The molecule has 0 radical (unpaired) electrons. The van der Waals surface area contributed by atoms with Crippen molar-refractivity contribution in [3.8, 4) is 6.07 Å². The van der Waals surface area contributed by atoms with Crippen molar-refractivity contribution in [2.24, 2.45) is 5.92 Å². The number of benzene rings is 1. The molecule has 0 heterocycles. The van der Waals surface area contributed by atoms with Gasteiger partial charge in [-0.25, -0.2) is 0 Å². The standard InChI is InChI=1S/C15H22ClN3/c1-11(2)7-14(10-19(3)4)18-13-6-5-12(9-17)15(16)8-13/h5-6,8,11,14,18H,7,10H2,1-4H3. The summed E-state index contributed by atoms with van der Waals surface area (Å²) >= 11 is 6.05. The Kier molecular flexibility index (Phi) is 6.14. The molecule has 0 spiro atoms. The third-order valence-electron chi connectivity index (χ3n) is 2.80. The fourth-order valence-corrected chi connectivity index (χ4v) is 2.34. The molecule has 3 nitrogen and oxygen atoms in total. The second-order valence-corrected chi connectivity index (χ2v) is 5.95. The van der Waals surface area contributed by atoms with Gasteiger partial charge in [0, 0.05) is 18.3 Å². The van der Waals surface area contributed by atoms with Crippen molar-refractivity contribution in [3.63, 3.8) is 0 Å². The summed E-state index contributed by atoms with van der Waals surface area (Å²) in [5, 5.41) is 12.9. The Hall–Kier alpha value is -1.24. The molecule has 1 rings (SSSR count). The van der Waals surface area contributed by atoms with Crippen molar-refractivity contribution in [2.45, 2.75) is 26.3 Å². The van der Waals surface area contributed by atoms with Crippen LogP contribution in [0.25, 0.3) is 0 Å². The lowest BCUT2D eigenvalue weighted by molar-refractivity contribution is 0.356. The lowest BCUT2D eigenvalue weighted by Gasteiger charge is -2.25. The third-order valence-corrected chi connectivity index (χ3v) is 3.11. The highest BCUT2D eigenvalue weighted by molar-refractivity contribution is 6.32. The molecule has 104 valence electrons. The molecule has 0 amide bonds. The molecule has 1 atom stereocenters. The molecule has 1 aromatic rings. The lowest BCUT2D eigenvalue weighted by Crippen LogP contribution is -2.33. The summed E-state index contributed by atoms with van der Waals surface area (Å²) in [5.41, 5.74) is 1.48. The number of nitrogens with zero attached hydrogens (tertiary/aromatic N) is 2. The van der Waals surface area contributed by atoms with Gasteiger partial charge < -0.3 is 10.2 Å². The molecule has 0 aliphatic rings. The van der Waals surface area contributed by atoms with E-state index in [-0.39, 0.29) is 0 Å². The average Bonchev–Trinajstić information content (AvgIpc) is 2.27. The summed E-state index contributed by atoms with van der Waals surface area (Å²) in [6.45, 7) is 5.40. The molecule has 0 saturated heterocycles. The maximum atomic E-state index is 8.87. The molecular formula is C15H22ClN3. The second-order valence-electron chi connectivity index (χ2n) is 5.54. The minimum atomic E-state index is 0.374. The summed E-state index contributed by atoms with van der Waals surface area (Å²) in [5.74, 6) is 0.631. The van der Waals surface area contributed by atoms with Crippen LogP contribution >= 0.6 is 11.6 Å². The lowest BCUT2D eigenvalue weighted by atomic mass is 10.0. The van der Waals surface area contributed by atoms with E-state index in [0.717, 1.165) is 18.7 Å². The van der Waals surface area contributed by atoms with Gasteiger partial charge >= 0.3 is 0 Å². The first-order valence-corrected chi connectivity index (χ1v) is 6.91. The molecule has 0 bridgehead atoms. The van der Waals surface area contributed by atoms with E-state index in [4.69, 9.17) is 16.9 Å². The van der Waals surface area contributed by atoms with Crippen molar-refractivity contribution >= 4 is 17.3 Å². The second kappa shape index (κ2) is 7.37. The van der Waals surface area contributed by atoms with E-state index in [2.05, 4.69) is 44.2 Å². The number of hydrogen-bond acceptors (Lipinski definition) is 3. The van der Waals surface area contributed by atoms with Crippen LogP contribution in [-0.4, -0.2) is 31.6 Å². The normalized spacial score (nSPS) is 12.5. The number of halogens is 1. The van der Waals surface area contributed by atoms with Crippen LogP contribution in [-0.2, 0) is 0 Å². The van der Waals surface area contributed by atoms with Crippen LogP contribution < -0.4 is 5.32 Å². The van der Waals surface area contributed by atoms with Crippen LogP contribution in [0.1, 0.15) is 25.8 Å². The van der Waals surface area contributed by atoms with Crippen LogP contribution in [0.2, 0.25) is 5.02 Å². The molecule has 1 aromatic carbocycles. The van der Waals surface area contributed by atoms with Gasteiger partial charge in [-0.1, -0.05) is 25.4 Å². The predicted octanol–water partition coefficient (Wildman–Crippen LogP) is 3.60. The maximum absolute atomic E-state index is 8.87. The molecule has 0 aliphatic carbocycles. The first kappa shape index (κ1) is 15.8. The zero-order chi connectivity index (χ0) is 14.4. The van der Waals surface area contributed by atoms with Crippen LogP contribution in [0.15, 0.2) is 18.2 Å². The Labute approximate surface area is 121 Å². The minimum Gasteiger partial charge on any atom is -0.381 e. The van der Waals surface area contributed by atoms with E-state index in [1.54, 1.807) is 6.07 Å². The predicted molar refractivity (Wildman–Crippen MR) is 81.6 cm³/mol. The Morgan fingerprint density at radius 2 is 2.05 bits per heavy atom. The van der Waals surface area contributed by atoms with E-state index in [9.17, 15) is 0 Å². The fraction of sp³-hybridized carbons (Fsp3) is 0.533. The van der Waals surface area contributed by atoms with Crippen molar-refractivity contribution < 1.29 is 0 Å². The molecule has 0 aliphatic heterocycles. The van der Waals surface area contributed by atoms with Gasteiger partial charge in [-0.15, -0.1) is 0 Å². The number of rotatable bonds is 6. The molecule has 0 fully saturated rings. The Balaban J connectivity index is 2.78. The van der Waals surface area contributed by atoms with E-state index >= 15 is 0 Å². The minimum absolute atomic E-state index is 0.374. The van der Waals surface area contributed by atoms with Gasteiger partial charge in [0.1, 0.15) is 6.07 Å².